The summed E-state index contributed by atoms with van der Waals surface area (Å²) >= 11 is 1.83. The van der Waals surface area contributed by atoms with Crippen LogP contribution in [0.25, 0.3) is 11.1 Å². The van der Waals surface area contributed by atoms with Gasteiger partial charge in [0.15, 0.2) is 5.78 Å². The highest BCUT2D eigenvalue weighted by Gasteiger charge is 2.38. The SMILES string of the molecule is O=C1CCCC2=C1C(c1ccc(F)c(-c3ccccc3)c1)C1=C(CCS1)N2. The van der Waals surface area contributed by atoms with E-state index in [1.807, 2.05) is 54.2 Å². The zero-order valence-corrected chi connectivity index (χ0v) is 15.7. The first-order chi connectivity index (χ1) is 13.2. The highest BCUT2D eigenvalue weighted by atomic mass is 32.2. The van der Waals surface area contributed by atoms with Crippen LogP contribution in [0.5, 0.6) is 0 Å². The molecule has 5 rings (SSSR count). The molecule has 27 heavy (non-hydrogen) atoms. The largest absolute Gasteiger partial charge is 0.361 e. The van der Waals surface area contributed by atoms with Crippen LogP contribution >= 0.6 is 11.8 Å². The Kier molecular flexibility index (Phi) is 4.16. The third-order valence-corrected chi connectivity index (χ3v) is 6.83. The van der Waals surface area contributed by atoms with Crippen LogP contribution in [-0.2, 0) is 4.79 Å². The van der Waals surface area contributed by atoms with Crippen molar-refractivity contribution in [1.29, 1.82) is 0 Å². The van der Waals surface area contributed by atoms with Crippen LogP contribution in [0, 0.1) is 5.82 Å². The topological polar surface area (TPSA) is 29.1 Å². The van der Waals surface area contributed by atoms with Gasteiger partial charge in [-0.05, 0) is 42.5 Å². The van der Waals surface area contributed by atoms with Crippen LogP contribution in [0.4, 0.5) is 4.39 Å². The van der Waals surface area contributed by atoms with Gasteiger partial charge in [0.05, 0.1) is 0 Å². The zero-order chi connectivity index (χ0) is 18.4. The van der Waals surface area contributed by atoms with Gasteiger partial charge >= 0.3 is 0 Å². The Morgan fingerprint density at radius 3 is 2.70 bits per heavy atom. The number of rotatable bonds is 2. The molecule has 2 nitrogen and oxygen atoms in total. The van der Waals surface area contributed by atoms with Crippen molar-refractivity contribution in [3.05, 3.63) is 81.8 Å². The number of dihydropyridines is 1. The molecule has 0 aromatic heterocycles. The monoisotopic (exact) mass is 377 g/mol. The number of ketones is 1. The molecule has 0 saturated heterocycles. The molecule has 1 atom stereocenters. The van der Waals surface area contributed by atoms with Crippen molar-refractivity contribution in [2.45, 2.75) is 31.6 Å². The van der Waals surface area contributed by atoms with Crippen molar-refractivity contribution >= 4 is 17.5 Å². The number of thioether (sulfide) groups is 1. The molecule has 2 aromatic carbocycles. The lowest BCUT2D eigenvalue weighted by Crippen LogP contribution is -2.30. The highest BCUT2D eigenvalue weighted by Crippen LogP contribution is 2.50. The van der Waals surface area contributed by atoms with Crippen LogP contribution in [-0.4, -0.2) is 11.5 Å². The minimum atomic E-state index is -0.226. The summed E-state index contributed by atoms with van der Waals surface area (Å²) in [6.07, 6.45) is 3.45. The standard InChI is InChI=1S/C23H20FNOS/c24-17-10-9-15(13-16(17)14-5-2-1-3-6-14)21-22-18(7-4-8-20(22)26)25-19-11-12-27-23(19)21/h1-3,5-6,9-10,13,21,25H,4,7-8,11-12H2. The van der Waals surface area contributed by atoms with Crippen LogP contribution in [0.15, 0.2) is 70.4 Å². The number of Topliss-reactive ketones (excluding diaryl/α,β-unsaturated/α-hetero) is 1. The average Bonchev–Trinajstić information content (AvgIpc) is 3.16. The Bertz CT molecular complexity index is 993. The number of carbonyl (C=O) groups is 1. The van der Waals surface area contributed by atoms with Gasteiger partial charge in [-0.1, -0.05) is 36.4 Å². The third-order valence-electron chi connectivity index (χ3n) is 5.62. The molecular weight excluding hydrogens is 357 g/mol. The number of hydrogen-bond acceptors (Lipinski definition) is 3. The molecule has 136 valence electrons. The third kappa shape index (κ3) is 2.83. The predicted octanol–water partition coefficient (Wildman–Crippen LogP) is 5.54. The molecule has 2 heterocycles. The molecule has 2 aliphatic heterocycles. The minimum Gasteiger partial charge on any atom is -0.361 e. The molecule has 0 bridgehead atoms. The Morgan fingerprint density at radius 1 is 1.00 bits per heavy atom. The number of nitrogens with one attached hydrogen (secondary N) is 1. The predicted molar refractivity (Wildman–Crippen MR) is 108 cm³/mol. The molecule has 0 saturated carbocycles. The first-order valence-corrected chi connectivity index (χ1v) is 10.4. The fourth-order valence-corrected chi connectivity index (χ4v) is 5.65. The number of halogens is 1. The van der Waals surface area contributed by atoms with E-state index in [0.717, 1.165) is 47.4 Å². The van der Waals surface area contributed by atoms with Gasteiger partial charge in [0, 0.05) is 45.5 Å². The molecule has 2 aromatic rings. The van der Waals surface area contributed by atoms with E-state index in [-0.39, 0.29) is 17.5 Å². The lowest BCUT2D eigenvalue weighted by atomic mass is 9.78. The normalized spacial score (nSPS) is 21.8. The average molecular weight is 377 g/mol. The Hall–Kier alpha value is -2.33. The van der Waals surface area contributed by atoms with Gasteiger partial charge in [-0.3, -0.25) is 4.79 Å². The van der Waals surface area contributed by atoms with E-state index in [1.165, 1.54) is 10.6 Å². The Balaban J connectivity index is 1.67. The van der Waals surface area contributed by atoms with Crippen molar-refractivity contribution < 1.29 is 9.18 Å². The number of carbonyl (C=O) groups excluding carboxylic acids is 1. The highest BCUT2D eigenvalue weighted by molar-refractivity contribution is 8.03. The van der Waals surface area contributed by atoms with E-state index < -0.39 is 0 Å². The van der Waals surface area contributed by atoms with Crippen LogP contribution in [0.2, 0.25) is 0 Å². The fourth-order valence-electron chi connectivity index (χ4n) is 4.38. The van der Waals surface area contributed by atoms with E-state index in [1.54, 1.807) is 6.07 Å². The van der Waals surface area contributed by atoms with E-state index in [2.05, 4.69) is 5.32 Å². The second-order valence-corrected chi connectivity index (χ2v) is 8.41. The van der Waals surface area contributed by atoms with Gasteiger partial charge in [0.25, 0.3) is 0 Å². The smallest absolute Gasteiger partial charge is 0.161 e. The summed E-state index contributed by atoms with van der Waals surface area (Å²) in [6.45, 7) is 0. The first kappa shape index (κ1) is 16.8. The quantitative estimate of drug-likeness (QED) is 0.745. The maximum Gasteiger partial charge on any atom is 0.161 e. The second-order valence-electron chi connectivity index (χ2n) is 7.27. The van der Waals surface area contributed by atoms with Crippen molar-refractivity contribution in [1.82, 2.24) is 5.32 Å². The minimum absolute atomic E-state index is 0.0559. The summed E-state index contributed by atoms with van der Waals surface area (Å²) in [7, 11) is 0. The van der Waals surface area contributed by atoms with Crippen LogP contribution in [0.1, 0.15) is 37.2 Å². The molecule has 0 radical (unpaired) electrons. The molecular formula is C23H20FNOS. The van der Waals surface area contributed by atoms with Crippen molar-refractivity contribution in [3.63, 3.8) is 0 Å². The van der Waals surface area contributed by atoms with Crippen molar-refractivity contribution in [2.75, 3.05) is 5.75 Å². The summed E-state index contributed by atoms with van der Waals surface area (Å²) < 4.78 is 14.6. The molecule has 3 aliphatic rings. The first-order valence-electron chi connectivity index (χ1n) is 9.46. The molecule has 0 amide bonds. The molecule has 0 fully saturated rings. The molecule has 0 spiro atoms. The van der Waals surface area contributed by atoms with Gasteiger partial charge in [-0.15, -0.1) is 11.8 Å². The maximum atomic E-state index is 14.6. The second kappa shape index (κ2) is 6.68. The van der Waals surface area contributed by atoms with Gasteiger partial charge in [-0.2, -0.15) is 0 Å². The maximum absolute atomic E-state index is 14.6. The van der Waals surface area contributed by atoms with Gasteiger partial charge in [0.1, 0.15) is 5.82 Å². The number of allylic oxidation sites excluding steroid dienone is 4. The van der Waals surface area contributed by atoms with Gasteiger partial charge < -0.3 is 5.32 Å². The van der Waals surface area contributed by atoms with Gasteiger partial charge in [0.2, 0.25) is 0 Å². The molecule has 1 N–H and O–H groups in total. The molecule has 4 heteroatoms. The van der Waals surface area contributed by atoms with E-state index >= 15 is 0 Å². The Morgan fingerprint density at radius 2 is 1.85 bits per heavy atom. The van der Waals surface area contributed by atoms with E-state index in [4.69, 9.17) is 0 Å². The Labute approximate surface area is 162 Å². The molecule has 1 aliphatic carbocycles. The van der Waals surface area contributed by atoms with Crippen molar-refractivity contribution in [2.24, 2.45) is 0 Å². The summed E-state index contributed by atoms with van der Waals surface area (Å²) in [4.78, 5) is 14.1. The summed E-state index contributed by atoms with van der Waals surface area (Å²) in [6, 6.07) is 15.0. The zero-order valence-electron chi connectivity index (χ0n) is 14.9. The summed E-state index contributed by atoms with van der Waals surface area (Å²) in [5.74, 6) is 0.990. The van der Waals surface area contributed by atoms with Gasteiger partial charge in [-0.25, -0.2) is 4.39 Å². The van der Waals surface area contributed by atoms with E-state index in [0.29, 0.717) is 12.0 Å². The van der Waals surface area contributed by atoms with E-state index in [9.17, 15) is 9.18 Å². The lowest BCUT2D eigenvalue weighted by molar-refractivity contribution is -0.116. The number of hydrogen-bond donors (Lipinski definition) is 1. The van der Waals surface area contributed by atoms with Crippen molar-refractivity contribution in [3.8, 4) is 11.1 Å². The van der Waals surface area contributed by atoms with Crippen LogP contribution < -0.4 is 5.32 Å². The summed E-state index contributed by atoms with van der Waals surface area (Å²) in [5, 5.41) is 3.55. The number of benzene rings is 2. The molecule has 1 unspecified atom stereocenters. The fraction of sp³-hybridized carbons (Fsp3) is 0.261. The summed E-state index contributed by atoms with van der Waals surface area (Å²) in [5.41, 5.74) is 5.72. The van der Waals surface area contributed by atoms with Crippen LogP contribution in [0.3, 0.4) is 0 Å². The lowest BCUT2D eigenvalue weighted by Gasteiger charge is -2.33.